The second kappa shape index (κ2) is 8.07. The molecule has 0 amide bonds. The molecule has 1 aliphatic rings. The standard InChI is InChI=1S/C15H23N3OS/c1-2-16-15(20)18-10-8-17(9-11-18)12-13-19-14-6-4-3-5-7-14/h3-7H,2,8-13H2,1H3,(H,16,20). The molecule has 5 heteroatoms. The number of thiocarbonyl (C=S) groups is 1. The van der Waals surface area contributed by atoms with Crippen LogP contribution in [-0.4, -0.2) is 60.8 Å². The van der Waals surface area contributed by atoms with Crippen LogP contribution in [0.3, 0.4) is 0 Å². The van der Waals surface area contributed by atoms with E-state index < -0.39 is 0 Å². The van der Waals surface area contributed by atoms with Crippen LogP contribution in [0.15, 0.2) is 30.3 Å². The van der Waals surface area contributed by atoms with Gasteiger partial charge in [0.15, 0.2) is 5.11 Å². The molecular formula is C15H23N3OS. The molecule has 0 saturated carbocycles. The Bertz CT molecular complexity index is 405. The lowest BCUT2D eigenvalue weighted by Crippen LogP contribution is -2.52. The molecule has 0 spiro atoms. The number of hydrogen-bond donors (Lipinski definition) is 1. The lowest BCUT2D eigenvalue weighted by atomic mass is 10.3. The van der Waals surface area contributed by atoms with Crippen molar-refractivity contribution in [3.05, 3.63) is 30.3 Å². The molecule has 0 aromatic heterocycles. The number of nitrogens with one attached hydrogen (secondary N) is 1. The maximum atomic E-state index is 5.73. The van der Waals surface area contributed by atoms with Gasteiger partial charge in [0, 0.05) is 39.3 Å². The van der Waals surface area contributed by atoms with Gasteiger partial charge in [-0.3, -0.25) is 4.90 Å². The summed E-state index contributed by atoms with van der Waals surface area (Å²) in [5.74, 6) is 0.944. The highest BCUT2D eigenvalue weighted by Crippen LogP contribution is 2.08. The Morgan fingerprint density at radius 2 is 1.90 bits per heavy atom. The number of ether oxygens (including phenoxy) is 1. The molecule has 2 rings (SSSR count). The molecule has 1 saturated heterocycles. The lowest BCUT2D eigenvalue weighted by Gasteiger charge is -2.36. The van der Waals surface area contributed by atoms with Crippen molar-refractivity contribution in [3.8, 4) is 5.75 Å². The second-order valence-corrected chi connectivity index (χ2v) is 5.21. The number of para-hydroxylation sites is 1. The van der Waals surface area contributed by atoms with Crippen molar-refractivity contribution in [3.63, 3.8) is 0 Å². The molecule has 1 heterocycles. The SMILES string of the molecule is CCNC(=S)N1CCN(CCOc2ccccc2)CC1. The van der Waals surface area contributed by atoms with E-state index in [1.807, 2.05) is 30.3 Å². The zero-order valence-corrected chi connectivity index (χ0v) is 12.9. The minimum atomic E-state index is 0.738. The average Bonchev–Trinajstić information content (AvgIpc) is 2.49. The molecule has 1 aliphatic heterocycles. The number of piperazine rings is 1. The number of hydrogen-bond acceptors (Lipinski definition) is 3. The van der Waals surface area contributed by atoms with Crippen molar-refractivity contribution < 1.29 is 4.74 Å². The third kappa shape index (κ3) is 4.65. The van der Waals surface area contributed by atoms with Gasteiger partial charge in [0.25, 0.3) is 0 Å². The molecule has 20 heavy (non-hydrogen) atoms. The molecule has 1 N–H and O–H groups in total. The van der Waals surface area contributed by atoms with E-state index in [9.17, 15) is 0 Å². The zero-order chi connectivity index (χ0) is 14.2. The summed E-state index contributed by atoms with van der Waals surface area (Å²) in [5, 5.41) is 4.09. The number of benzene rings is 1. The van der Waals surface area contributed by atoms with Gasteiger partial charge in [-0.05, 0) is 31.3 Å². The Morgan fingerprint density at radius 1 is 1.20 bits per heavy atom. The highest BCUT2D eigenvalue weighted by molar-refractivity contribution is 7.80. The van der Waals surface area contributed by atoms with Gasteiger partial charge in [-0.2, -0.15) is 0 Å². The van der Waals surface area contributed by atoms with Crippen molar-refractivity contribution in [1.29, 1.82) is 0 Å². The lowest BCUT2D eigenvalue weighted by molar-refractivity contribution is 0.153. The fourth-order valence-corrected chi connectivity index (χ4v) is 2.57. The monoisotopic (exact) mass is 293 g/mol. The Labute approximate surface area is 126 Å². The van der Waals surface area contributed by atoms with E-state index in [0.29, 0.717) is 0 Å². The minimum absolute atomic E-state index is 0.738. The normalized spacial score (nSPS) is 15.9. The summed E-state index contributed by atoms with van der Waals surface area (Å²) < 4.78 is 5.73. The van der Waals surface area contributed by atoms with Crippen molar-refractivity contribution in [1.82, 2.24) is 15.1 Å². The quantitative estimate of drug-likeness (QED) is 0.832. The van der Waals surface area contributed by atoms with Crippen LogP contribution in [0, 0.1) is 0 Å². The summed E-state index contributed by atoms with van der Waals surface area (Å²) in [6.07, 6.45) is 0. The number of nitrogens with zero attached hydrogens (tertiary/aromatic N) is 2. The van der Waals surface area contributed by atoms with Crippen LogP contribution >= 0.6 is 12.2 Å². The first-order valence-electron chi connectivity index (χ1n) is 7.22. The van der Waals surface area contributed by atoms with Crippen molar-refractivity contribution in [2.75, 3.05) is 45.9 Å². The van der Waals surface area contributed by atoms with Crippen LogP contribution in [-0.2, 0) is 0 Å². The van der Waals surface area contributed by atoms with Gasteiger partial charge in [0.1, 0.15) is 12.4 Å². The third-order valence-corrected chi connectivity index (χ3v) is 3.81. The minimum Gasteiger partial charge on any atom is -0.492 e. The molecular weight excluding hydrogens is 270 g/mol. The molecule has 1 fully saturated rings. The van der Waals surface area contributed by atoms with Gasteiger partial charge in [0.05, 0.1) is 0 Å². The smallest absolute Gasteiger partial charge is 0.169 e. The van der Waals surface area contributed by atoms with E-state index in [0.717, 1.165) is 56.7 Å². The summed E-state index contributed by atoms with van der Waals surface area (Å²) in [5.41, 5.74) is 0. The van der Waals surface area contributed by atoms with Crippen molar-refractivity contribution >= 4 is 17.3 Å². The summed E-state index contributed by atoms with van der Waals surface area (Å²) >= 11 is 5.33. The van der Waals surface area contributed by atoms with Crippen LogP contribution in [0.25, 0.3) is 0 Å². The van der Waals surface area contributed by atoms with Crippen LogP contribution in [0.5, 0.6) is 5.75 Å². The Kier molecular flexibility index (Phi) is 6.08. The molecule has 1 aromatic rings. The fourth-order valence-electron chi connectivity index (χ4n) is 2.25. The van der Waals surface area contributed by atoms with Crippen LogP contribution < -0.4 is 10.1 Å². The van der Waals surface area contributed by atoms with Gasteiger partial charge in [-0.15, -0.1) is 0 Å². The maximum absolute atomic E-state index is 5.73. The summed E-state index contributed by atoms with van der Waals surface area (Å²) in [7, 11) is 0. The molecule has 1 aromatic carbocycles. The molecule has 0 radical (unpaired) electrons. The predicted molar refractivity (Wildman–Crippen MR) is 86.2 cm³/mol. The highest BCUT2D eigenvalue weighted by atomic mass is 32.1. The first-order valence-corrected chi connectivity index (χ1v) is 7.63. The first-order chi connectivity index (χ1) is 9.79. The van der Waals surface area contributed by atoms with E-state index in [-0.39, 0.29) is 0 Å². The predicted octanol–water partition coefficient (Wildman–Crippen LogP) is 1.58. The van der Waals surface area contributed by atoms with Gasteiger partial charge >= 0.3 is 0 Å². The molecule has 0 atom stereocenters. The molecule has 4 nitrogen and oxygen atoms in total. The largest absolute Gasteiger partial charge is 0.492 e. The molecule has 0 bridgehead atoms. The van der Waals surface area contributed by atoms with Gasteiger partial charge in [-0.25, -0.2) is 0 Å². The van der Waals surface area contributed by atoms with Crippen LogP contribution in [0.1, 0.15) is 6.92 Å². The van der Waals surface area contributed by atoms with Gasteiger partial charge in [0.2, 0.25) is 0 Å². The van der Waals surface area contributed by atoms with E-state index in [1.165, 1.54) is 0 Å². The maximum Gasteiger partial charge on any atom is 0.169 e. The van der Waals surface area contributed by atoms with Gasteiger partial charge in [-0.1, -0.05) is 18.2 Å². The molecule has 110 valence electrons. The second-order valence-electron chi connectivity index (χ2n) is 4.83. The van der Waals surface area contributed by atoms with Crippen LogP contribution in [0.2, 0.25) is 0 Å². The number of rotatable bonds is 5. The summed E-state index contributed by atoms with van der Waals surface area (Å²) in [4.78, 5) is 4.67. The van der Waals surface area contributed by atoms with Crippen LogP contribution in [0.4, 0.5) is 0 Å². The summed E-state index contributed by atoms with van der Waals surface area (Å²) in [6, 6.07) is 9.98. The molecule has 0 unspecified atom stereocenters. The third-order valence-electron chi connectivity index (χ3n) is 3.41. The Hall–Kier alpha value is -1.33. The Balaban J connectivity index is 1.63. The van der Waals surface area contributed by atoms with E-state index in [4.69, 9.17) is 17.0 Å². The average molecular weight is 293 g/mol. The highest BCUT2D eigenvalue weighted by Gasteiger charge is 2.18. The Morgan fingerprint density at radius 3 is 2.55 bits per heavy atom. The first kappa shape index (κ1) is 15.1. The zero-order valence-electron chi connectivity index (χ0n) is 12.0. The fraction of sp³-hybridized carbons (Fsp3) is 0.533. The van der Waals surface area contributed by atoms with E-state index in [2.05, 4.69) is 22.0 Å². The molecule has 0 aliphatic carbocycles. The van der Waals surface area contributed by atoms with Crippen molar-refractivity contribution in [2.45, 2.75) is 6.92 Å². The van der Waals surface area contributed by atoms with E-state index in [1.54, 1.807) is 0 Å². The topological polar surface area (TPSA) is 27.7 Å². The van der Waals surface area contributed by atoms with Crippen molar-refractivity contribution in [2.24, 2.45) is 0 Å². The van der Waals surface area contributed by atoms with Gasteiger partial charge < -0.3 is 15.0 Å². The van der Waals surface area contributed by atoms with E-state index >= 15 is 0 Å². The summed E-state index contributed by atoms with van der Waals surface area (Å²) in [6.45, 7) is 8.76.